The van der Waals surface area contributed by atoms with Gasteiger partial charge >= 0.3 is 0 Å². The lowest BCUT2D eigenvalue weighted by molar-refractivity contribution is -0.132. The van der Waals surface area contributed by atoms with E-state index in [4.69, 9.17) is 0 Å². The summed E-state index contributed by atoms with van der Waals surface area (Å²) in [6.45, 7) is 1.92. The number of piperidine rings is 1. The zero-order chi connectivity index (χ0) is 13.8. The van der Waals surface area contributed by atoms with Gasteiger partial charge in [-0.05, 0) is 49.3 Å². The van der Waals surface area contributed by atoms with Gasteiger partial charge in [-0.15, -0.1) is 22.7 Å². The first-order valence-corrected chi connectivity index (χ1v) is 8.93. The first-order chi connectivity index (χ1) is 9.83. The lowest BCUT2D eigenvalue weighted by Crippen LogP contribution is -2.35. The number of hydrogen-bond donors (Lipinski definition) is 0. The highest BCUT2D eigenvalue weighted by molar-refractivity contribution is 7.21. The highest BCUT2D eigenvalue weighted by Crippen LogP contribution is 2.32. The Kier molecular flexibility index (Phi) is 4.53. The van der Waals surface area contributed by atoms with Gasteiger partial charge in [-0.25, -0.2) is 0 Å². The van der Waals surface area contributed by atoms with Gasteiger partial charge in [0.05, 0.1) is 0 Å². The van der Waals surface area contributed by atoms with E-state index < -0.39 is 0 Å². The maximum atomic E-state index is 12.1. The van der Waals surface area contributed by atoms with Gasteiger partial charge in [-0.3, -0.25) is 4.79 Å². The first-order valence-electron chi connectivity index (χ1n) is 7.23. The van der Waals surface area contributed by atoms with Crippen LogP contribution in [0.1, 0.15) is 30.6 Å². The van der Waals surface area contributed by atoms with Crippen LogP contribution in [-0.2, 0) is 11.2 Å². The molecule has 0 bridgehead atoms. The van der Waals surface area contributed by atoms with Gasteiger partial charge in [0.15, 0.2) is 0 Å². The van der Waals surface area contributed by atoms with E-state index in [0.717, 1.165) is 19.5 Å². The molecule has 0 unspecified atom stereocenters. The molecule has 1 aliphatic rings. The molecule has 4 heteroatoms. The van der Waals surface area contributed by atoms with Gasteiger partial charge in [0.25, 0.3) is 0 Å². The summed E-state index contributed by atoms with van der Waals surface area (Å²) in [6, 6.07) is 8.58. The zero-order valence-corrected chi connectivity index (χ0v) is 13.1. The average molecular weight is 305 g/mol. The summed E-state index contributed by atoms with van der Waals surface area (Å²) in [6.07, 6.45) is 5.16. The van der Waals surface area contributed by atoms with Crippen molar-refractivity contribution in [3.8, 4) is 9.75 Å². The predicted molar refractivity (Wildman–Crippen MR) is 86.4 cm³/mol. The summed E-state index contributed by atoms with van der Waals surface area (Å²) in [5, 5.41) is 2.11. The Labute approximate surface area is 128 Å². The fourth-order valence-electron chi connectivity index (χ4n) is 2.60. The molecule has 106 valence electrons. The Morgan fingerprint density at radius 3 is 2.70 bits per heavy atom. The number of nitrogens with zero attached hydrogens (tertiary/aromatic N) is 1. The Bertz CT molecular complexity index is 553. The molecule has 1 saturated heterocycles. The number of likely N-dealkylation sites (tertiary alicyclic amines) is 1. The third-order valence-corrected chi connectivity index (χ3v) is 5.93. The highest BCUT2D eigenvalue weighted by Gasteiger charge is 2.16. The number of thiophene rings is 2. The molecule has 1 amide bonds. The molecule has 0 spiro atoms. The van der Waals surface area contributed by atoms with Crippen molar-refractivity contribution >= 4 is 28.6 Å². The van der Waals surface area contributed by atoms with E-state index in [1.54, 1.807) is 11.3 Å². The largest absolute Gasteiger partial charge is 0.343 e. The standard InChI is InChI=1S/C16H19NOS2/c18-16(17-10-2-1-3-11-17)9-7-13-6-8-15(20-13)14-5-4-12-19-14/h4-6,8,12H,1-3,7,9-11H2. The van der Waals surface area contributed by atoms with Crippen LogP contribution in [0.15, 0.2) is 29.6 Å². The van der Waals surface area contributed by atoms with E-state index in [0.29, 0.717) is 12.3 Å². The highest BCUT2D eigenvalue weighted by atomic mass is 32.1. The Balaban J connectivity index is 1.54. The second-order valence-corrected chi connectivity index (χ2v) is 7.30. The SMILES string of the molecule is O=C(CCc1ccc(-c2cccs2)s1)N1CCCCC1. The molecule has 3 heterocycles. The summed E-state index contributed by atoms with van der Waals surface area (Å²) < 4.78 is 0. The predicted octanol–water partition coefficient (Wildman–Crippen LogP) is 4.42. The molecule has 1 aliphatic heterocycles. The van der Waals surface area contributed by atoms with Gasteiger partial charge in [0, 0.05) is 34.1 Å². The van der Waals surface area contributed by atoms with E-state index in [2.05, 4.69) is 29.6 Å². The van der Waals surface area contributed by atoms with Gasteiger partial charge in [0.1, 0.15) is 0 Å². The minimum atomic E-state index is 0.329. The number of carbonyl (C=O) groups excluding carboxylic acids is 1. The summed E-state index contributed by atoms with van der Waals surface area (Å²) in [5.41, 5.74) is 0. The van der Waals surface area contributed by atoms with Crippen LogP contribution in [0, 0.1) is 0 Å². The molecule has 2 aromatic rings. The number of amides is 1. The normalized spacial score (nSPS) is 15.5. The van der Waals surface area contributed by atoms with Crippen LogP contribution in [0.2, 0.25) is 0 Å². The van der Waals surface area contributed by atoms with Crippen LogP contribution >= 0.6 is 22.7 Å². The smallest absolute Gasteiger partial charge is 0.222 e. The van der Waals surface area contributed by atoms with Gasteiger partial charge in [-0.1, -0.05) is 6.07 Å². The van der Waals surface area contributed by atoms with Crippen LogP contribution in [0.25, 0.3) is 9.75 Å². The number of carbonyl (C=O) groups is 1. The van der Waals surface area contributed by atoms with Crippen molar-refractivity contribution in [2.75, 3.05) is 13.1 Å². The topological polar surface area (TPSA) is 20.3 Å². The molecule has 3 rings (SSSR count). The molecule has 2 nitrogen and oxygen atoms in total. The summed E-state index contributed by atoms with van der Waals surface area (Å²) in [5.74, 6) is 0.329. The lowest BCUT2D eigenvalue weighted by Gasteiger charge is -2.26. The average Bonchev–Trinajstić information content (AvgIpc) is 3.16. The molecule has 0 N–H and O–H groups in total. The third-order valence-electron chi connectivity index (χ3n) is 3.72. The van der Waals surface area contributed by atoms with E-state index in [1.165, 1.54) is 33.9 Å². The van der Waals surface area contributed by atoms with Crippen LogP contribution < -0.4 is 0 Å². The fraction of sp³-hybridized carbons (Fsp3) is 0.438. The molecule has 0 radical (unpaired) electrons. The van der Waals surface area contributed by atoms with Crippen LogP contribution in [0.3, 0.4) is 0 Å². The third kappa shape index (κ3) is 3.30. The van der Waals surface area contributed by atoms with E-state index in [-0.39, 0.29) is 0 Å². The molecule has 0 aliphatic carbocycles. The quantitative estimate of drug-likeness (QED) is 0.818. The number of rotatable bonds is 4. The summed E-state index contributed by atoms with van der Waals surface area (Å²) >= 11 is 3.59. The molecule has 20 heavy (non-hydrogen) atoms. The molecule has 0 atom stereocenters. The minimum Gasteiger partial charge on any atom is -0.343 e. The number of aryl methyl sites for hydroxylation is 1. The van der Waals surface area contributed by atoms with Crippen molar-refractivity contribution in [3.63, 3.8) is 0 Å². The van der Waals surface area contributed by atoms with Crippen LogP contribution in [0.4, 0.5) is 0 Å². The van der Waals surface area contributed by atoms with Crippen molar-refractivity contribution < 1.29 is 4.79 Å². The second-order valence-electron chi connectivity index (χ2n) is 5.18. The molecule has 0 saturated carbocycles. The monoisotopic (exact) mass is 305 g/mol. The molecular weight excluding hydrogens is 286 g/mol. The minimum absolute atomic E-state index is 0.329. The lowest BCUT2D eigenvalue weighted by atomic mass is 10.1. The van der Waals surface area contributed by atoms with E-state index in [9.17, 15) is 4.79 Å². The Hall–Kier alpha value is -1.13. The van der Waals surface area contributed by atoms with E-state index >= 15 is 0 Å². The van der Waals surface area contributed by atoms with Crippen molar-refractivity contribution in [2.45, 2.75) is 32.1 Å². The summed E-state index contributed by atoms with van der Waals surface area (Å²) in [7, 11) is 0. The van der Waals surface area contributed by atoms with Crippen LogP contribution in [0.5, 0.6) is 0 Å². The van der Waals surface area contributed by atoms with E-state index in [1.807, 2.05) is 16.2 Å². The fourth-order valence-corrected chi connectivity index (χ4v) is 4.44. The first kappa shape index (κ1) is 13.8. The molecule has 2 aromatic heterocycles. The van der Waals surface area contributed by atoms with Crippen molar-refractivity contribution in [1.29, 1.82) is 0 Å². The number of hydrogen-bond acceptors (Lipinski definition) is 3. The van der Waals surface area contributed by atoms with Crippen molar-refractivity contribution in [1.82, 2.24) is 4.90 Å². The molecular formula is C16H19NOS2. The Morgan fingerprint density at radius 1 is 1.10 bits per heavy atom. The maximum Gasteiger partial charge on any atom is 0.222 e. The van der Waals surface area contributed by atoms with Crippen molar-refractivity contribution in [3.05, 3.63) is 34.5 Å². The van der Waals surface area contributed by atoms with Gasteiger partial charge in [-0.2, -0.15) is 0 Å². The maximum absolute atomic E-state index is 12.1. The Morgan fingerprint density at radius 2 is 1.95 bits per heavy atom. The van der Waals surface area contributed by atoms with Crippen LogP contribution in [-0.4, -0.2) is 23.9 Å². The zero-order valence-electron chi connectivity index (χ0n) is 11.5. The van der Waals surface area contributed by atoms with Gasteiger partial charge in [0.2, 0.25) is 5.91 Å². The molecule has 0 aromatic carbocycles. The molecule has 1 fully saturated rings. The van der Waals surface area contributed by atoms with Gasteiger partial charge < -0.3 is 4.90 Å². The second kappa shape index (κ2) is 6.55. The summed E-state index contributed by atoms with van der Waals surface area (Å²) in [4.78, 5) is 18.1. The van der Waals surface area contributed by atoms with Crippen molar-refractivity contribution in [2.24, 2.45) is 0 Å².